The molecular weight excluding hydrogens is 348 g/mol. The Kier molecular flexibility index (Phi) is 3.97. The van der Waals surface area contributed by atoms with E-state index in [9.17, 15) is 8.42 Å². The van der Waals surface area contributed by atoms with Gasteiger partial charge in [-0.2, -0.15) is 4.31 Å². The fraction of sp³-hybridized carbons (Fsp3) is 0.647. The molecule has 4 rings (SSSR count). The Bertz CT molecular complexity index is 737. The van der Waals surface area contributed by atoms with Crippen LogP contribution in [0, 0.1) is 11.8 Å². The molecule has 0 radical (unpaired) electrons. The first-order valence-electron chi connectivity index (χ1n) is 8.40. The van der Waals surface area contributed by atoms with Gasteiger partial charge in [-0.05, 0) is 51.2 Å². The molecule has 0 amide bonds. The van der Waals surface area contributed by atoms with Crippen molar-refractivity contribution in [2.45, 2.75) is 29.4 Å². The molecule has 3 saturated heterocycles. The molecule has 1 spiro atoms. The van der Waals surface area contributed by atoms with Crippen LogP contribution in [0.4, 0.5) is 0 Å². The Morgan fingerprint density at radius 2 is 2.04 bits per heavy atom. The highest BCUT2D eigenvalue weighted by molar-refractivity contribution is 7.89. The van der Waals surface area contributed by atoms with Gasteiger partial charge in [0.05, 0.1) is 16.6 Å². The molecule has 1 aromatic carbocycles. The summed E-state index contributed by atoms with van der Waals surface area (Å²) in [5, 5.41) is 0.541. The van der Waals surface area contributed by atoms with E-state index in [2.05, 4.69) is 19.0 Å². The number of halogens is 1. The highest BCUT2D eigenvalue weighted by Crippen LogP contribution is 2.55. The number of ether oxygens (including phenoxy) is 1. The number of rotatable bonds is 4. The maximum absolute atomic E-state index is 13.0. The summed E-state index contributed by atoms with van der Waals surface area (Å²) in [5.41, 5.74) is -0.273. The van der Waals surface area contributed by atoms with Crippen molar-refractivity contribution in [3.8, 4) is 0 Å². The third-order valence-corrected chi connectivity index (χ3v) is 7.86. The summed E-state index contributed by atoms with van der Waals surface area (Å²) in [6.45, 7) is 1.98. The highest BCUT2D eigenvalue weighted by atomic mass is 35.5. The lowest BCUT2D eigenvalue weighted by Crippen LogP contribution is -2.40. The molecule has 132 valence electrons. The van der Waals surface area contributed by atoms with E-state index in [4.69, 9.17) is 16.3 Å². The number of hydrogen-bond donors (Lipinski definition) is 0. The summed E-state index contributed by atoms with van der Waals surface area (Å²) in [5.74, 6) is 0.708. The lowest BCUT2D eigenvalue weighted by atomic mass is 9.73. The lowest BCUT2D eigenvalue weighted by molar-refractivity contribution is 0.00739. The Hall–Kier alpha value is -0.660. The first-order chi connectivity index (χ1) is 11.3. The van der Waals surface area contributed by atoms with Crippen molar-refractivity contribution < 1.29 is 13.2 Å². The standard InChI is InChI=1S/C17H23ClN2O3S/c1-19(2)9-14-15-10-20(11-17(15)8-7-16(14)23-17)24(21,22)13-5-3-12(18)4-6-13/h3-6,14-16H,7-11H2,1-2H3/t14-,15+,16+,17+/m0/s1. The second-order valence-corrected chi connectivity index (χ2v) is 9.92. The largest absolute Gasteiger partial charge is 0.370 e. The molecular formula is C17H23ClN2O3S. The lowest BCUT2D eigenvalue weighted by Gasteiger charge is -2.31. The molecule has 24 heavy (non-hydrogen) atoms. The van der Waals surface area contributed by atoms with Gasteiger partial charge in [-0.15, -0.1) is 0 Å². The molecule has 3 aliphatic rings. The van der Waals surface area contributed by atoms with Gasteiger partial charge in [0.1, 0.15) is 0 Å². The van der Waals surface area contributed by atoms with E-state index in [-0.39, 0.29) is 11.7 Å². The Morgan fingerprint density at radius 1 is 1.33 bits per heavy atom. The number of fused-ring (bicyclic) bond motifs is 1. The monoisotopic (exact) mass is 370 g/mol. The van der Waals surface area contributed by atoms with Crippen LogP contribution in [-0.4, -0.2) is 63.1 Å². The second-order valence-electron chi connectivity index (χ2n) is 7.54. The second kappa shape index (κ2) is 5.68. The molecule has 3 heterocycles. The van der Waals surface area contributed by atoms with Gasteiger partial charge in [0.15, 0.2) is 0 Å². The number of nitrogens with zero attached hydrogens (tertiary/aromatic N) is 2. The van der Waals surface area contributed by atoms with Crippen molar-refractivity contribution in [3.63, 3.8) is 0 Å². The zero-order chi connectivity index (χ0) is 17.1. The van der Waals surface area contributed by atoms with Gasteiger partial charge in [-0.3, -0.25) is 0 Å². The van der Waals surface area contributed by atoms with Crippen molar-refractivity contribution in [2.75, 3.05) is 33.7 Å². The van der Waals surface area contributed by atoms with Gasteiger partial charge in [-0.1, -0.05) is 11.6 Å². The van der Waals surface area contributed by atoms with Crippen LogP contribution in [0.1, 0.15) is 12.8 Å². The van der Waals surface area contributed by atoms with Crippen LogP contribution in [0.25, 0.3) is 0 Å². The minimum absolute atomic E-state index is 0.273. The number of benzene rings is 1. The van der Waals surface area contributed by atoms with Crippen LogP contribution in [0.15, 0.2) is 29.2 Å². The zero-order valence-corrected chi connectivity index (χ0v) is 15.6. The molecule has 0 aromatic heterocycles. The van der Waals surface area contributed by atoms with Crippen LogP contribution in [0.5, 0.6) is 0 Å². The van der Waals surface area contributed by atoms with Gasteiger partial charge in [0, 0.05) is 36.5 Å². The van der Waals surface area contributed by atoms with Crippen molar-refractivity contribution in [1.82, 2.24) is 9.21 Å². The fourth-order valence-corrected chi connectivity index (χ4v) is 6.40. The number of hydrogen-bond acceptors (Lipinski definition) is 4. The van der Waals surface area contributed by atoms with Crippen LogP contribution in [0.3, 0.4) is 0 Å². The zero-order valence-electron chi connectivity index (χ0n) is 14.0. The van der Waals surface area contributed by atoms with E-state index in [0.717, 1.165) is 19.4 Å². The average molecular weight is 371 g/mol. The first-order valence-corrected chi connectivity index (χ1v) is 10.2. The molecule has 7 heteroatoms. The predicted octanol–water partition coefficient (Wildman–Crippen LogP) is 2.07. The van der Waals surface area contributed by atoms with Gasteiger partial charge >= 0.3 is 0 Å². The van der Waals surface area contributed by atoms with Crippen LogP contribution in [0.2, 0.25) is 5.02 Å². The molecule has 1 aromatic rings. The Morgan fingerprint density at radius 3 is 2.71 bits per heavy atom. The summed E-state index contributed by atoms with van der Waals surface area (Å²) in [6.07, 6.45) is 2.31. The third kappa shape index (κ3) is 2.51. The van der Waals surface area contributed by atoms with E-state index in [1.807, 2.05) is 0 Å². The minimum atomic E-state index is -3.50. The van der Waals surface area contributed by atoms with Gasteiger partial charge in [0.25, 0.3) is 0 Å². The Labute approximate surface area is 148 Å². The molecule has 0 N–H and O–H groups in total. The molecule has 3 aliphatic heterocycles. The van der Waals surface area contributed by atoms with Gasteiger partial charge < -0.3 is 9.64 Å². The minimum Gasteiger partial charge on any atom is -0.370 e. The SMILES string of the molecule is CN(C)C[C@H]1[C@H]2CN(S(=O)(=O)c3ccc(Cl)cc3)C[C@]23CC[C@H]1O3. The summed E-state index contributed by atoms with van der Waals surface area (Å²) < 4.78 is 33.9. The smallest absolute Gasteiger partial charge is 0.243 e. The maximum Gasteiger partial charge on any atom is 0.243 e. The normalized spacial score (nSPS) is 35.8. The molecule has 0 aliphatic carbocycles. The van der Waals surface area contributed by atoms with Crippen molar-refractivity contribution in [3.05, 3.63) is 29.3 Å². The molecule has 5 nitrogen and oxygen atoms in total. The van der Waals surface area contributed by atoms with E-state index in [0.29, 0.717) is 34.8 Å². The molecule has 0 saturated carbocycles. The average Bonchev–Trinajstić information content (AvgIpc) is 3.17. The predicted molar refractivity (Wildman–Crippen MR) is 92.6 cm³/mol. The van der Waals surface area contributed by atoms with E-state index >= 15 is 0 Å². The quantitative estimate of drug-likeness (QED) is 0.814. The molecule has 4 atom stereocenters. The van der Waals surface area contributed by atoms with E-state index in [1.54, 1.807) is 28.6 Å². The van der Waals surface area contributed by atoms with Crippen LogP contribution >= 0.6 is 11.6 Å². The van der Waals surface area contributed by atoms with Gasteiger partial charge in [-0.25, -0.2) is 8.42 Å². The summed E-state index contributed by atoms with van der Waals surface area (Å²) in [7, 11) is 0.633. The highest BCUT2D eigenvalue weighted by Gasteiger charge is 2.64. The molecule has 2 bridgehead atoms. The molecule has 0 unspecified atom stereocenters. The first kappa shape index (κ1) is 16.8. The van der Waals surface area contributed by atoms with Crippen molar-refractivity contribution in [2.24, 2.45) is 11.8 Å². The van der Waals surface area contributed by atoms with Crippen LogP contribution < -0.4 is 0 Å². The topological polar surface area (TPSA) is 49.9 Å². The summed E-state index contributed by atoms with van der Waals surface area (Å²) >= 11 is 5.88. The Balaban J connectivity index is 1.61. The van der Waals surface area contributed by atoms with Crippen molar-refractivity contribution >= 4 is 21.6 Å². The summed E-state index contributed by atoms with van der Waals surface area (Å²) in [6, 6.07) is 6.42. The molecule has 3 fully saturated rings. The van der Waals surface area contributed by atoms with Crippen LogP contribution in [-0.2, 0) is 14.8 Å². The fourth-order valence-electron chi connectivity index (χ4n) is 4.75. The number of sulfonamides is 1. The van der Waals surface area contributed by atoms with Crippen molar-refractivity contribution in [1.29, 1.82) is 0 Å². The van der Waals surface area contributed by atoms with Gasteiger partial charge in [0.2, 0.25) is 10.0 Å². The maximum atomic E-state index is 13.0. The third-order valence-electron chi connectivity index (χ3n) is 5.78. The van der Waals surface area contributed by atoms with E-state index in [1.165, 1.54) is 0 Å². The van der Waals surface area contributed by atoms with E-state index < -0.39 is 10.0 Å². The summed E-state index contributed by atoms with van der Waals surface area (Å²) in [4.78, 5) is 2.49.